The van der Waals surface area contributed by atoms with Crippen LogP contribution in [0.5, 0.6) is 11.5 Å². The zero-order chi connectivity index (χ0) is 20.5. The molecule has 1 saturated heterocycles. The van der Waals surface area contributed by atoms with Gasteiger partial charge >= 0.3 is 5.97 Å². The lowest BCUT2D eigenvalue weighted by Crippen LogP contribution is -2.37. The number of esters is 1. The number of hydrogen-bond donors (Lipinski definition) is 2. The van der Waals surface area contributed by atoms with Crippen LogP contribution in [0.2, 0.25) is 0 Å². The number of carbonyl (C=O) groups excluding carboxylic acids is 1. The average Bonchev–Trinajstić information content (AvgIpc) is 3.52. The number of rotatable bonds is 5. The summed E-state index contributed by atoms with van der Waals surface area (Å²) < 4.78 is 34.5. The standard InChI is InChI=1S/C21H18FN3O5/c22-14-4-1-12(2-5-14)16-9-17(24-23-16)21(26)27-10-15-8-19(30-25-15)13-3-6-18-20(7-13)29-11-28-18/h1-8,16-17,23-24H,9-11H2. The molecule has 8 nitrogen and oxygen atoms in total. The van der Waals surface area contributed by atoms with E-state index in [0.29, 0.717) is 29.4 Å². The molecule has 2 unspecified atom stereocenters. The molecule has 3 aromatic rings. The maximum Gasteiger partial charge on any atom is 0.324 e. The maximum absolute atomic E-state index is 13.1. The molecule has 0 bridgehead atoms. The van der Waals surface area contributed by atoms with Gasteiger partial charge in [-0.3, -0.25) is 4.79 Å². The number of benzene rings is 2. The molecule has 0 saturated carbocycles. The minimum Gasteiger partial charge on any atom is -0.458 e. The fraction of sp³-hybridized carbons (Fsp3) is 0.238. The first-order chi connectivity index (χ1) is 14.7. The van der Waals surface area contributed by atoms with E-state index in [4.69, 9.17) is 18.7 Å². The van der Waals surface area contributed by atoms with Crippen molar-refractivity contribution in [1.29, 1.82) is 0 Å². The number of ether oxygens (including phenoxy) is 3. The van der Waals surface area contributed by atoms with Crippen molar-refractivity contribution in [3.63, 3.8) is 0 Å². The van der Waals surface area contributed by atoms with E-state index in [2.05, 4.69) is 16.0 Å². The summed E-state index contributed by atoms with van der Waals surface area (Å²) in [6.07, 6.45) is 0.492. The maximum atomic E-state index is 13.1. The lowest BCUT2D eigenvalue weighted by molar-refractivity contribution is -0.147. The quantitative estimate of drug-likeness (QED) is 0.619. The Balaban J connectivity index is 1.17. The van der Waals surface area contributed by atoms with E-state index in [-0.39, 0.29) is 25.3 Å². The van der Waals surface area contributed by atoms with Gasteiger partial charge in [-0.2, -0.15) is 0 Å². The van der Waals surface area contributed by atoms with Crippen molar-refractivity contribution in [2.24, 2.45) is 0 Å². The zero-order valence-electron chi connectivity index (χ0n) is 15.8. The first kappa shape index (κ1) is 18.6. The number of aromatic nitrogens is 1. The van der Waals surface area contributed by atoms with E-state index < -0.39 is 12.0 Å². The monoisotopic (exact) mass is 411 g/mol. The van der Waals surface area contributed by atoms with E-state index in [0.717, 1.165) is 11.1 Å². The normalized spacial score (nSPS) is 19.8. The molecular formula is C21H18FN3O5. The number of carbonyl (C=O) groups is 1. The van der Waals surface area contributed by atoms with Crippen LogP contribution in [0.1, 0.15) is 23.7 Å². The van der Waals surface area contributed by atoms with Gasteiger partial charge in [0.25, 0.3) is 0 Å². The molecule has 1 fully saturated rings. The number of nitrogens with one attached hydrogen (secondary N) is 2. The summed E-state index contributed by atoms with van der Waals surface area (Å²) in [5.74, 6) is 1.17. The minimum absolute atomic E-state index is 0.00766. The van der Waals surface area contributed by atoms with Gasteiger partial charge in [0, 0.05) is 17.7 Å². The zero-order valence-corrected chi connectivity index (χ0v) is 15.8. The fourth-order valence-electron chi connectivity index (χ4n) is 3.44. The van der Waals surface area contributed by atoms with E-state index in [1.54, 1.807) is 24.3 Å². The van der Waals surface area contributed by atoms with Crippen molar-refractivity contribution in [3.8, 4) is 22.8 Å². The highest BCUT2D eigenvalue weighted by Crippen LogP contribution is 2.36. The second-order valence-corrected chi connectivity index (χ2v) is 7.04. The second kappa shape index (κ2) is 7.77. The van der Waals surface area contributed by atoms with Crippen molar-refractivity contribution < 1.29 is 27.9 Å². The number of fused-ring (bicyclic) bond motifs is 1. The van der Waals surface area contributed by atoms with Crippen LogP contribution in [-0.2, 0) is 16.1 Å². The van der Waals surface area contributed by atoms with Gasteiger partial charge in [-0.1, -0.05) is 17.3 Å². The number of nitrogens with zero attached hydrogens (tertiary/aromatic N) is 1. The fourth-order valence-corrected chi connectivity index (χ4v) is 3.44. The number of hydrogen-bond acceptors (Lipinski definition) is 8. The van der Waals surface area contributed by atoms with Crippen LogP contribution in [0.25, 0.3) is 11.3 Å². The third-order valence-electron chi connectivity index (χ3n) is 5.04. The first-order valence-electron chi connectivity index (χ1n) is 9.44. The van der Waals surface area contributed by atoms with Crippen molar-refractivity contribution in [2.45, 2.75) is 25.1 Å². The highest BCUT2D eigenvalue weighted by Gasteiger charge is 2.31. The molecule has 2 N–H and O–H groups in total. The second-order valence-electron chi connectivity index (χ2n) is 7.04. The van der Waals surface area contributed by atoms with Crippen LogP contribution >= 0.6 is 0 Å². The van der Waals surface area contributed by atoms with Crippen LogP contribution in [0, 0.1) is 5.82 Å². The molecule has 9 heteroatoms. The van der Waals surface area contributed by atoms with E-state index >= 15 is 0 Å². The van der Waals surface area contributed by atoms with Gasteiger partial charge in [0.15, 0.2) is 17.3 Å². The van der Waals surface area contributed by atoms with Crippen LogP contribution in [0.15, 0.2) is 53.1 Å². The van der Waals surface area contributed by atoms with Gasteiger partial charge in [0.05, 0.1) is 0 Å². The highest BCUT2D eigenvalue weighted by molar-refractivity contribution is 5.76. The summed E-state index contributed by atoms with van der Waals surface area (Å²) in [7, 11) is 0. The van der Waals surface area contributed by atoms with Crippen molar-refractivity contribution in [2.75, 3.05) is 6.79 Å². The van der Waals surface area contributed by atoms with Crippen LogP contribution < -0.4 is 20.3 Å². The molecule has 0 spiro atoms. The third-order valence-corrected chi connectivity index (χ3v) is 5.04. The average molecular weight is 411 g/mol. The summed E-state index contributed by atoms with van der Waals surface area (Å²) >= 11 is 0. The summed E-state index contributed by atoms with van der Waals surface area (Å²) in [4.78, 5) is 12.4. The molecule has 2 atom stereocenters. The smallest absolute Gasteiger partial charge is 0.324 e. The Morgan fingerprint density at radius 3 is 2.80 bits per heavy atom. The Morgan fingerprint density at radius 1 is 1.10 bits per heavy atom. The molecule has 0 aliphatic carbocycles. The van der Waals surface area contributed by atoms with Gasteiger partial charge in [-0.25, -0.2) is 15.2 Å². The van der Waals surface area contributed by atoms with Gasteiger partial charge in [0.2, 0.25) is 6.79 Å². The molecule has 2 aliphatic heterocycles. The molecule has 154 valence electrons. The van der Waals surface area contributed by atoms with Crippen molar-refractivity contribution in [1.82, 2.24) is 16.0 Å². The predicted octanol–water partition coefficient (Wildman–Crippen LogP) is 2.86. The summed E-state index contributed by atoms with van der Waals surface area (Å²) in [6, 6.07) is 12.7. The SMILES string of the molecule is O=C(OCc1cc(-c2ccc3c(c2)OCO3)on1)C1CC(c2ccc(F)cc2)NN1. The first-order valence-corrected chi connectivity index (χ1v) is 9.44. The topological polar surface area (TPSA) is 94.9 Å². The third kappa shape index (κ3) is 3.72. The Hall–Kier alpha value is -3.43. The summed E-state index contributed by atoms with van der Waals surface area (Å²) in [6.45, 7) is 0.189. The largest absolute Gasteiger partial charge is 0.458 e. The molecular weight excluding hydrogens is 393 g/mol. The molecule has 5 rings (SSSR count). The Bertz CT molecular complexity index is 1070. The number of hydrazine groups is 1. The summed E-state index contributed by atoms with van der Waals surface area (Å²) in [5, 5.41) is 3.96. The molecule has 2 aliphatic rings. The van der Waals surface area contributed by atoms with Gasteiger partial charge in [-0.05, 0) is 42.3 Å². The molecule has 2 aromatic carbocycles. The van der Waals surface area contributed by atoms with Crippen LogP contribution in [0.4, 0.5) is 4.39 Å². The van der Waals surface area contributed by atoms with Gasteiger partial charge in [0.1, 0.15) is 24.2 Å². The van der Waals surface area contributed by atoms with Crippen LogP contribution in [0.3, 0.4) is 0 Å². The Labute approximate surface area is 170 Å². The lowest BCUT2D eigenvalue weighted by atomic mass is 10.0. The molecule has 1 aromatic heterocycles. The van der Waals surface area contributed by atoms with Crippen LogP contribution in [-0.4, -0.2) is 24.0 Å². The lowest BCUT2D eigenvalue weighted by Gasteiger charge is -2.09. The summed E-state index contributed by atoms with van der Waals surface area (Å²) in [5.41, 5.74) is 8.14. The highest BCUT2D eigenvalue weighted by atomic mass is 19.1. The Kier molecular flexibility index (Phi) is 4.82. The minimum atomic E-state index is -0.514. The van der Waals surface area contributed by atoms with E-state index in [1.807, 2.05) is 12.1 Å². The predicted molar refractivity (Wildman–Crippen MR) is 102 cm³/mol. The van der Waals surface area contributed by atoms with Gasteiger partial charge < -0.3 is 18.7 Å². The Morgan fingerprint density at radius 2 is 1.93 bits per heavy atom. The van der Waals surface area contributed by atoms with Gasteiger partial charge in [-0.15, -0.1) is 0 Å². The van der Waals surface area contributed by atoms with Crippen molar-refractivity contribution in [3.05, 3.63) is 65.6 Å². The molecule has 0 radical (unpaired) electrons. The van der Waals surface area contributed by atoms with E-state index in [1.165, 1.54) is 12.1 Å². The number of halogens is 1. The molecule has 3 heterocycles. The molecule has 0 amide bonds. The van der Waals surface area contributed by atoms with E-state index in [9.17, 15) is 9.18 Å². The molecule has 30 heavy (non-hydrogen) atoms. The van der Waals surface area contributed by atoms with Crippen molar-refractivity contribution >= 4 is 5.97 Å².